The fraction of sp³-hybridized carbons (Fsp3) is 0.500. The van der Waals surface area contributed by atoms with Gasteiger partial charge in [0.05, 0.1) is 12.2 Å². The number of carbonyl (C=O) groups is 1. The number of hydrogen-bond donors (Lipinski definition) is 1. The van der Waals surface area contributed by atoms with E-state index in [-0.39, 0.29) is 23.4 Å². The van der Waals surface area contributed by atoms with E-state index in [0.29, 0.717) is 19.6 Å². The summed E-state index contributed by atoms with van der Waals surface area (Å²) >= 11 is 5.54. The summed E-state index contributed by atoms with van der Waals surface area (Å²) in [5, 5.41) is 2.45. The van der Waals surface area contributed by atoms with Crippen LogP contribution >= 0.6 is 11.6 Å². The van der Waals surface area contributed by atoms with Crippen LogP contribution in [0, 0.1) is 0 Å². The maximum Gasteiger partial charge on any atom is 0.416 e. The van der Waals surface area contributed by atoms with Crippen molar-refractivity contribution in [3.8, 4) is 0 Å². The van der Waals surface area contributed by atoms with Crippen LogP contribution < -0.4 is 5.32 Å². The number of nitrogens with zero attached hydrogens (tertiary/aromatic N) is 1. The molecule has 8 heteroatoms. The molecule has 0 aliphatic carbocycles. The third kappa shape index (κ3) is 5.64. The summed E-state index contributed by atoms with van der Waals surface area (Å²) in [5.74, 6) is -0.321. The van der Waals surface area contributed by atoms with Crippen LogP contribution in [0.15, 0.2) is 12.1 Å². The van der Waals surface area contributed by atoms with Crippen molar-refractivity contribution in [2.75, 3.05) is 18.5 Å². The van der Waals surface area contributed by atoms with Crippen molar-refractivity contribution in [3.05, 3.63) is 22.8 Å². The number of ether oxygens (including phenoxy) is 1. The predicted octanol–water partition coefficient (Wildman–Crippen LogP) is 3.51. The molecular weight excluding hydrogens is 297 g/mol. The van der Waals surface area contributed by atoms with Gasteiger partial charge in [0.15, 0.2) is 0 Å². The summed E-state index contributed by atoms with van der Waals surface area (Å²) in [4.78, 5) is 14.8. The first-order valence-corrected chi connectivity index (χ1v) is 6.35. The summed E-state index contributed by atoms with van der Waals surface area (Å²) < 4.78 is 42.4. The van der Waals surface area contributed by atoms with Crippen LogP contribution in [0.1, 0.15) is 25.3 Å². The molecule has 0 aromatic carbocycles. The van der Waals surface area contributed by atoms with Gasteiger partial charge in [0.25, 0.3) is 0 Å². The zero-order valence-corrected chi connectivity index (χ0v) is 11.5. The number of pyridine rings is 1. The van der Waals surface area contributed by atoms with E-state index in [1.165, 1.54) is 0 Å². The van der Waals surface area contributed by atoms with Crippen LogP contribution in [0.5, 0.6) is 0 Å². The molecule has 0 saturated heterocycles. The van der Waals surface area contributed by atoms with Crippen molar-refractivity contribution < 1.29 is 22.7 Å². The molecule has 0 aliphatic heterocycles. The first-order valence-electron chi connectivity index (χ1n) is 5.97. The first-order chi connectivity index (χ1) is 9.32. The average molecular weight is 311 g/mol. The molecule has 0 amide bonds. The van der Waals surface area contributed by atoms with E-state index in [0.717, 1.165) is 12.1 Å². The number of aromatic nitrogens is 1. The van der Waals surface area contributed by atoms with Crippen LogP contribution in [0.4, 0.5) is 19.0 Å². The van der Waals surface area contributed by atoms with E-state index >= 15 is 0 Å². The minimum Gasteiger partial charge on any atom is -0.466 e. The quantitative estimate of drug-likeness (QED) is 0.496. The highest BCUT2D eigenvalue weighted by molar-refractivity contribution is 6.29. The Morgan fingerprint density at radius 2 is 2.15 bits per heavy atom. The van der Waals surface area contributed by atoms with Gasteiger partial charge in [-0.25, -0.2) is 4.98 Å². The van der Waals surface area contributed by atoms with Crippen molar-refractivity contribution in [2.24, 2.45) is 0 Å². The van der Waals surface area contributed by atoms with Crippen LogP contribution in [0.2, 0.25) is 5.15 Å². The number of anilines is 1. The van der Waals surface area contributed by atoms with Crippen LogP contribution in [0.25, 0.3) is 0 Å². The number of nitrogens with one attached hydrogen (secondary N) is 1. The number of carbonyl (C=O) groups excluding carboxylic acids is 1. The van der Waals surface area contributed by atoms with E-state index in [9.17, 15) is 18.0 Å². The number of halogens is 4. The van der Waals surface area contributed by atoms with Gasteiger partial charge in [-0.1, -0.05) is 11.6 Å². The Hall–Kier alpha value is -1.50. The van der Waals surface area contributed by atoms with Gasteiger partial charge in [0, 0.05) is 13.0 Å². The standard InChI is InChI=1S/C12H14ClF3N2O2/c1-2-20-11(19)4-3-5-17-10-7-8(12(14,15)16)6-9(13)18-10/h6-7H,2-5H2,1H3,(H,17,18). The lowest BCUT2D eigenvalue weighted by molar-refractivity contribution is -0.143. The van der Waals surface area contributed by atoms with Crippen LogP contribution in [-0.2, 0) is 15.7 Å². The Labute approximate surface area is 119 Å². The van der Waals surface area contributed by atoms with Gasteiger partial charge in [0.2, 0.25) is 0 Å². The second kappa shape index (κ2) is 7.33. The first kappa shape index (κ1) is 16.6. The highest BCUT2D eigenvalue weighted by Gasteiger charge is 2.31. The van der Waals surface area contributed by atoms with Gasteiger partial charge < -0.3 is 10.1 Å². The smallest absolute Gasteiger partial charge is 0.416 e. The molecule has 0 radical (unpaired) electrons. The second-order valence-corrected chi connectivity index (χ2v) is 4.28. The fourth-order valence-electron chi connectivity index (χ4n) is 1.43. The van der Waals surface area contributed by atoms with Crippen molar-refractivity contribution in [1.29, 1.82) is 0 Å². The molecule has 0 unspecified atom stereocenters. The summed E-state index contributed by atoms with van der Waals surface area (Å²) in [6.45, 7) is 2.30. The molecule has 0 atom stereocenters. The lowest BCUT2D eigenvalue weighted by Crippen LogP contribution is -2.11. The molecule has 1 aromatic rings. The molecule has 0 saturated carbocycles. The van der Waals surface area contributed by atoms with E-state index < -0.39 is 11.7 Å². The highest BCUT2D eigenvalue weighted by Crippen LogP contribution is 2.31. The number of esters is 1. The molecule has 0 spiro atoms. The molecule has 1 aromatic heterocycles. The largest absolute Gasteiger partial charge is 0.466 e. The Bertz CT molecular complexity index is 467. The molecule has 4 nitrogen and oxygen atoms in total. The molecule has 1 N–H and O–H groups in total. The van der Waals surface area contributed by atoms with Crippen molar-refractivity contribution in [2.45, 2.75) is 25.9 Å². The number of rotatable bonds is 6. The summed E-state index contributed by atoms with van der Waals surface area (Å²) in [5.41, 5.74) is -0.870. The van der Waals surface area contributed by atoms with Crippen molar-refractivity contribution in [3.63, 3.8) is 0 Å². The molecule has 1 heterocycles. The van der Waals surface area contributed by atoms with E-state index in [2.05, 4.69) is 10.3 Å². The predicted molar refractivity (Wildman–Crippen MR) is 68.6 cm³/mol. The third-order valence-electron chi connectivity index (χ3n) is 2.29. The highest BCUT2D eigenvalue weighted by atomic mass is 35.5. The monoisotopic (exact) mass is 310 g/mol. The summed E-state index contributed by atoms with van der Waals surface area (Å²) in [6, 6.07) is 1.63. The Balaban J connectivity index is 2.52. The van der Waals surface area contributed by atoms with Crippen LogP contribution in [0.3, 0.4) is 0 Å². The molecule has 1 rings (SSSR count). The van der Waals surface area contributed by atoms with Gasteiger partial charge >= 0.3 is 12.1 Å². The zero-order valence-electron chi connectivity index (χ0n) is 10.8. The van der Waals surface area contributed by atoms with Crippen molar-refractivity contribution in [1.82, 2.24) is 4.98 Å². The number of alkyl halides is 3. The SMILES string of the molecule is CCOC(=O)CCCNc1cc(C(F)(F)F)cc(Cl)n1. The van der Waals surface area contributed by atoms with Gasteiger partial charge in [-0.15, -0.1) is 0 Å². The van der Waals surface area contributed by atoms with Gasteiger partial charge in [-0.05, 0) is 25.5 Å². The molecule has 112 valence electrons. The Morgan fingerprint density at radius 3 is 2.75 bits per heavy atom. The van der Waals surface area contributed by atoms with E-state index in [1.807, 2.05) is 0 Å². The molecule has 0 fully saturated rings. The molecule has 20 heavy (non-hydrogen) atoms. The molecule has 0 aliphatic rings. The molecular formula is C12H14ClF3N2O2. The Morgan fingerprint density at radius 1 is 1.45 bits per heavy atom. The minimum atomic E-state index is -4.48. The maximum atomic E-state index is 12.6. The van der Waals surface area contributed by atoms with Gasteiger partial charge in [-0.2, -0.15) is 13.2 Å². The topological polar surface area (TPSA) is 51.2 Å². The van der Waals surface area contributed by atoms with Crippen LogP contribution in [-0.4, -0.2) is 24.1 Å². The number of hydrogen-bond acceptors (Lipinski definition) is 4. The third-order valence-corrected chi connectivity index (χ3v) is 2.48. The lowest BCUT2D eigenvalue weighted by Gasteiger charge is -2.10. The fourth-order valence-corrected chi connectivity index (χ4v) is 1.64. The summed E-state index contributed by atoms with van der Waals surface area (Å²) in [6.07, 6.45) is -3.87. The summed E-state index contributed by atoms with van der Waals surface area (Å²) in [7, 11) is 0. The second-order valence-electron chi connectivity index (χ2n) is 3.90. The van der Waals surface area contributed by atoms with Gasteiger partial charge in [-0.3, -0.25) is 4.79 Å². The maximum absolute atomic E-state index is 12.6. The minimum absolute atomic E-state index is 0.0219. The lowest BCUT2D eigenvalue weighted by atomic mass is 10.2. The normalized spacial score (nSPS) is 11.2. The van der Waals surface area contributed by atoms with Gasteiger partial charge in [0.1, 0.15) is 11.0 Å². The average Bonchev–Trinajstić information content (AvgIpc) is 2.33. The van der Waals surface area contributed by atoms with E-state index in [1.54, 1.807) is 6.92 Å². The molecule has 0 bridgehead atoms. The Kier molecular flexibility index (Phi) is 6.06. The zero-order chi connectivity index (χ0) is 15.2. The van der Waals surface area contributed by atoms with Crippen molar-refractivity contribution >= 4 is 23.4 Å². The van der Waals surface area contributed by atoms with E-state index in [4.69, 9.17) is 16.3 Å².